The summed E-state index contributed by atoms with van der Waals surface area (Å²) >= 11 is 5.63. The van der Waals surface area contributed by atoms with Gasteiger partial charge in [0, 0.05) is 11.1 Å². The third-order valence-corrected chi connectivity index (χ3v) is 1.85. The van der Waals surface area contributed by atoms with Crippen molar-refractivity contribution in [3.63, 3.8) is 0 Å². The van der Waals surface area contributed by atoms with Gasteiger partial charge in [-0.3, -0.25) is 10.1 Å². The molecule has 4 heteroatoms. The molecule has 0 unspecified atom stereocenters. The zero-order valence-corrected chi connectivity index (χ0v) is 7.84. The highest BCUT2D eigenvalue weighted by Crippen LogP contribution is 2.27. The van der Waals surface area contributed by atoms with Crippen LogP contribution in [0.1, 0.15) is 12.5 Å². The molecule has 0 heterocycles. The predicted molar refractivity (Wildman–Crippen MR) is 52.8 cm³/mol. The number of allylic oxidation sites excluding steroid dienone is 1. The van der Waals surface area contributed by atoms with Crippen LogP contribution in [0.15, 0.2) is 24.8 Å². The maximum atomic E-state index is 10.6. The van der Waals surface area contributed by atoms with Gasteiger partial charge in [-0.25, -0.2) is 0 Å². The van der Waals surface area contributed by atoms with Gasteiger partial charge in [-0.15, -0.1) is 0 Å². The SMILES string of the molecule is C=C(C)c1ccc(Cl)cc1[N+](=O)[O-]. The molecule has 0 aliphatic carbocycles. The van der Waals surface area contributed by atoms with E-state index in [1.54, 1.807) is 19.1 Å². The molecule has 0 saturated heterocycles. The van der Waals surface area contributed by atoms with Gasteiger partial charge in [-0.1, -0.05) is 18.2 Å². The van der Waals surface area contributed by atoms with Gasteiger partial charge in [0.15, 0.2) is 0 Å². The van der Waals surface area contributed by atoms with Gasteiger partial charge in [0.05, 0.1) is 10.5 Å². The highest BCUT2D eigenvalue weighted by molar-refractivity contribution is 6.30. The minimum atomic E-state index is -0.462. The van der Waals surface area contributed by atoms with E-state index in [4.69, 9.17) is 11.6 Å². The number of halogens is 1. The van der Waals surface area contributed by atoms with E-state index in [9.17, 15) is 10.1 Å². The molecular formula is C9H8ClNO2. The Labute approximate surface area is 80.8 Å². The molecule has 13 heavy (non-hydrogen) atoms. The van der Waals surface area contributed by atoms with E-state index in [0.717, 1.165) is 0 Å². The fraction of sp³-hybridized carbons (Fsp3) is 0.111. The maximum Gasteiger partial charge on any atom is 0.278 e. The van der Waals surface area contributed by atoms with E-state index in [0.29, 0.717) is 16.2 Å². The lowest BCUT2D eigenvalue weighted by Crippen LogP contribution is -1.92. The lowest BCUT2D eigenvalue weighted by atomic mass is 10.1. The number of nitro groups is 1. The van der Waals surface area contributed by atoms with Crippen molar-refractivity contribution >= 4 is 22.9 Å². The van der Waals surface area contributed by atoms with Crippen molar-refractivity contribution in [3.05, 3.63) is 45.5 Å². The Morgan fingerprint density at radius 1 is 1.62 bits per heavy atom. The summed E-state index contributed by atoms with van der Waals surface area (Å²) in [7, 11) is 0. The van der Waals surface area contributed by atoms with Gasteiger partial charge in [0.1, 0.15) is 0 Å². The Morgan fingerprint density at radius 2 is 2.23 bits per heavy atom. The molecule has 68 valence electrons. The number of hydrogen-bond donors (Lipinski definition) is 0. The zero-order valence-electron chi connectivity index (χ0n) is 7.08. The smallest absolute Gasteiger partial charge is 0.258 e. The predicted octanol–water partition coefficient (Wildman–Crippen LogP) is 3.28. The van der Waals surface area contributed by atoms with Crippen molar-refractivity contribution in [2.75, 3.05) is 0 Å². The summed E-state index contributed by atoms with van der Waals surface area (Å²) in [5.74, 6) is 0. The zero-order chi connectivity index (χ0) is 10.0. The van der Waals surface area contributed by atoms with Crippen LogP contribution >= 0.6 is 11.6 Å². The Kier molecular flexibility index (Phi) is 2.68. The summed E-state index contributed by atoms with van der Waals surface area (Å²) in [4.78, 5) is 10.1. The Hall–Kier alpha value is -1.35. The van der Waals surface area contributed by atoms with E-state index >= 15 is 0 Å². The monoisotopic (exact) mass is 197 g/mol. The molecule has 0 amide bonds. The van der Waals surface area contributed by atoms with Crippen LogP contribution in [-0.2, 0) is 0 Å². The normalized spacial score (nSPS) is 9.69. The topological polar surface area (TPSA) is 43.1 Å². The summed E-state index contributed by atoms with van der Waals surface area (Å²) in [5.41, 5.74) is 1.18. The molecular weight excluding hydrogens is 190 g/mol. The Bertz CT molecular complexity index is 374. The fourth-order valence-corrected chi connectivity index (χ4v) is 1.18. The minimum absolute atomic E-state index is 0.000000000000000222. The second kappa shape index (κ2) is 3.58. The largest absolute Gasteiger partial charge is 0.278 e. The molecule has 0 aliphatic heterocycles. The highest BCUT2D eigenvalue weighted by atomic mass is 35.5. The molecule has 0 bridgehead atoms. The van der Waals surface area contributed by atoms with E-state index in [1.165, 1.54) is 6.07 Å². The van der Waals surface area contributed by atoms with Gasteiger partial charge >= 0.3 is 0 Å². The van der Waals surface area contributed by atoms with Crippen LogP contribution in [0.3, 0.4) is 0 Å². The van der Waals surface area contributed by atoms with Crippen LogP contribution in [0.2, 0.25) is 5.02 Å². The summed E-state index contributed by atoms with van der Waals surface area (Å²) in [5, 5.41) is 10.9. The molecule has 0 N–H and O–H groups in total. The van der Waals surface area contributed by atoms with E-state index < -0.39 is 4.92 Å². The standard InChI is InChI=1S/C9H8ClNO2/c1-6(2)8-4-3-7(10)5-9(8)11(12)13/h3-5H,1H2,2H3. The van der Waals surface area contributed by atoms with Gasteiger partial charge < -0.3 is 0 Å². The minimum Gasteiger partial charge on any atom is -0.258 e. The first-order valence-electron chi connectivity index (χ1n) is 3.62. The van der Waals surface area contributed by atoms with Crippen LogP contribution in [0.5, 0.6) is 0 Å². The van der Waals surface area contributed by atoms with Gasteiger partial charge in [-0.05, 0) is 24.6 Å². The van der Waals surface area contributed by atoms with Crippen LogP contribution in [0.25, 0.3) is 5.57 Å². The summed E-state index contributed by atoms with van der Waals surface area (Å²) < 4.78 is 0. The molecule has 0 radical (unpaired) electrons. The molecule has 0 aliphatic rings. The first-order chi connectivity index (χ1) is 6.02. The molecule has 1 aromatic rings. The third-order valence-electron chi connectivity index (χ3n) is 1.62. The van der Waals surface area contributed by atoms with Crippen molar-refractivity contribution in [2.45, 2.75) is 6.92 Å². The second-order valence-corrected chi connectivity index (χ2v) is 3.14. The van der Waals surface area contributed by atoms with Crippen molar-refractivity contribution in [3.8, 4) is 0 Å². The quantitative estimate of drug-likeness (QED) is 0.539. The van der Waals surface area contributed by atoms with E-state index in [-0.39, 0.29) is 5.69 Å². The van der Waals surface area contributed by atoms with Crippen LogP contribution < -0.4 is 0 Å². The lowest BCUT2D eigenvalue weighted by molar-refractivity contribution is -0.385. The maximum absolute atomic E-state index is 10.6. The summed E-state index contributed by atoms with van der Waals surface area (Å²) in [6.45, 7) is 5.37. The Balaban J connectivity index is 3.35. The van der Waals surface area contributed by atoms with Crippen LogP contribution in [-0.4, -0.2) is 4.92 Å². The van der Waals surface area contributed by atoms with Crippen LogP contribution in [0, 0.1) is 10.1 Å². The number of rotatable bonds is 2. The number of nitro benzene ring substituents is 1. The number of hydrogen-bond acceptors (Lipinski definition) is 2. The molecule has 3 nitrogen and oxygen atoms in total. The molecule has 1 rings (SSSR count). The number of nitrogens with zero attached hydrogens (tertiary/aromatic N) is 1. The average molecular weight is 198 g/mol. The van der Waals surface area contributed by atoms with E-state index in [2.05, 4.69) is 6.58 Å². The fourth-order valence-electron chi connectivity index (χ4n) is 1.02. The van der Waals surface area contributed by atoms with E-state index in [1.807, 2.05) is 0 Å². The van der Waals surface area contributed by atoms with Crippen LogP contribution in [0.4, 0.5) is 5.69 Å². The van der Waals surface area contributed by atoms with Crippen molar-refractivity contribution in [1.29, 1.82) is 0 Å². The molecule has 1 aromatic carbocycles. The highest BCUT2D eigenvalue weighted by Gasteiger charge is 2.13. The molecule has 0 aromatic heterocycles. The summed E-state index contributed by atoms with van der Waals surface area (Å²) in [6.07, 6.45) is 0. The molecule has 0 fully saturated rings. The molecule has 0 spiro atoms. The molecule has 0 saturated carbocycles. The first-order valence-corrected chi connectivity index (χ1v) is 4.00. The molecule has 0 atom stereocenters. The number of benzene rings is 1. The van der Waals surface area contributed by atoms with Crippen molar-refractivity contribution in [1.82, 2.24) is 0 Å². The van der Waals surface area contributed by atoms with Gasteiger partial charge in [0.2, 0.25) is 0 Å². The lowest BCUT2D eigenvalue weighted by Gasteiger charge is -2.01. The summed E-state index contributed by atoms with van der Waals surface area (Å²) in [6, 6.07) is 4.53. The first kappa shape index (κ1) is 9.74. The third kappa shape index (κ3) is 2.06. The van der Waals surface area contributed by atoms with Gasteiger partial charge in [-0.2, -0.15) is 0 Å². The average Bonchev–Trinajstić information content (AvgIpc) is 2.03. The Morgan fingerprint density at radius 3 is 2.69 bits per heavy atom. The second-order valence-electron chi connectivity index (χ2n) is 2.70. The van der Waals surface area contributed by atoms with Crippen molar-refractivity contribution in [2.24, 2.45) is 0 Å². The van der Waals surface area contributed by atoms with Crippen molar-refractivity contribution < 1.29 is 4.92 Å². The van der Waals surface area contributed by atoms with Gasteiger partial charge in [0.25, 0.3) is 5.69 Å².